The summed E-state index contributed by atoms with van der Waals surface area (Å²) >= 11 is 0. The molecule has 2 atom stereocenters. The second kappa shape index (κ2) is 6.23. The lowest BCUT2D eigenvalue weighted by Gasteiger charge is -2.47. The minimum atomic E-state index is 0.281. The van der Waals surface area contributed by atoms with Crippen molar-refractivity contribution in [2.24, 2.45) is 11.3 Å². The summed E-state index contributed by atoms with van der Waals surface area (Å²) in [6.07, 6.45) is 1.89. The van der Waals surface area contributed by atoms with Crippen LogP contribution in [0, 0.1) is 11.3 Å². The molecule has 1 saturated heterocycles. The molecule has 0 radical (unpaired) electrons. The van der Waals surface area contributed by atoms with E-state index in [9.17, 15) is 0 Å². The molecule has 1 aliphatic heterocycles. The van der Waals surface area contributed by atoms with Crippen molar-refractivity contribution in [2.75, 3.05) is 13.1 Å². The summed E-state index contributed by atoms with van der Waals surface area (Å²) in [6.45, 7) is 14.7. The average Bonchev–Trinajstić information content (AvgIpc) is 2.38. The standard InChI is InChI=1S/C17H29N3/c1-13(2)15-12-20(11-14-8-6-7-9-18-14)16(10-19-15)17(3,4)5/h6-9,13,15-16,19H,10-12H2,1-5H3. The summed E-state index contributed by atoms with van der Waals surface area (Å²) in [5.41, 5.74) is 1.45. The maximum atomic E-state index is 4.50. The molecular weight excluding hydrogens is 246 g/mol. The first-order valence-electron chi connectivity index (χ1n) is 7.75. The fraction of sp³-hybridized carbons (Fsp3) is 0.706. The van der Waals surface area contributed by atoms with Crippen molar-refractivity contribution in [3.63, 3.8) is 0 Å². The molecule has 0 amide bonds. The molecule has 2 heterocycles. The van der Waals surface area contributed by atoms with E-state index in [4.69, 9.17) is 0 Å². The van der Waals surface area contributed by atoms with E-state index in [1.54, 1.807) is 0 Å². The third-order valence-electron chi connectivity index (χ3n) is 4.34. The van der Waals surface area contributed by atoms with Gasteiger partial charge in [0.2, 0.25) is 0 Å². The van der Waals surface area contributed by atoms with Gasteiger partial charge in [0, 0.05) is 37.9 Å². The van der Waals surface area contributed by atoms with Crippen LogP contribution < -0.4 is 5.32 Å². The van der Waals surface area contributed by atoms with Gasteiger partial charge in [-0.1, -0.05) is 40.7 Å². The molecule has 3 heteroatoms. The van der Waals surface area contributed by atoms with Gasteiger partial charge in [-0.15, -0.1) is 0 Å². The van der Waals surface area contributed by atoms with Crippen LogP contribution in [-0.4, -0.2) is 35.1 Å². The average molecular weight is 275 g/mol. The van der Waals surface area contributed by atoms with Gasteiger partial charge in [-0.05, 0) is 23.5 Å². The van der Waals surface area contributed by atoms with Crippen LogP contribution in [0.5, 0.6) is 0 Å². The van der Waals surface area contributed by atoms with Crippen LogP contribution in [0.1, 0.15) is 40.3 Å². The molecule has 1 N–H and O–H groups in total. The molecule has 0 saturated carbocycles. The van der Waals surface area contributed by atoms with E-state index in [1.807, 2.05) is 12.3 Å². The smallest absolute Gasteiger partial charge is 0.0544 e. The third-order valence-corrected chi connectivity index (χ3v) is 4.34. The van der Waals surface area contributed by atoms with E-state index in [-0.39, 0.29) is 5.41 Å². The Balaban J connectivity index is 2.13. The Bertz CT molecular complexity index is 408. The molecule has 0 bridgehead atoms. The maximum Gasteiger partial charge on any atom is 0.0544 e. The lowest BCUT2D eigenvalue weighted by Crippen LogP contribution is -2.61. The van der Waals surface area contributed by atoms with Gasteiger partial charge in [-0.2, -0.15) is 0 Å². The Morgan fingerprint density at radius 1 is 1.35 bits per heavy atom. The number of aromatic nitrogens is 1. The highest BCUT2D eigenvalue weighted by Gasteiger charge is 2.36. The van der Waals surface area contributed by atoms with Crippen molar-refractivity contribution >= 4 is 0 Å². The Labute approximate surface area is 123 Å². The predicted molar refractivity (Wildman–Crippen MR) is 84.5 cm³/mol. The number of pyridine rings is 1. The molecule has 0 aromatic carbocycles. The van der Waals surface area contributed by atoms with Gasteiger partial charge in [0.1, 0.15) is 0 Å². The zero-order valence-corrected chi connectivity index (χ0v) is 13.6. The predicted octanol–water partition coefficient (Wildman–Crippen LogP) is 2.93. The minimum Gasteiger partial charge on any atom is -0.311 e. The maximum absolute atomic E-state index is 4.50. The molecule has 20 heavy (non-hydrogen) atoms. The van der Waals surface area contributed by atoms with E-state index in [0.29, 0.717) is 18.0 Å². The van der Waals surface area contributed by atoms with Crippen molar-refractivity contribution in [3.8, 4) is 0 Å². The van der Waals surface area contributed by atoms with E-state index in [2.05, 4.69) is 62.0 Å². The number of hydrogen-bond acceptors (Lipinski definition) is 3. The first-order valence-corrected chi connectivity index (χ1v) is 7.75. The number of nitrogens with zero attached hydrogens (tertiary/aromatic N) is 2. The molecule has 2 rings (SSSR count). The Morgan fingerprint density at radius 2 is 2.10 bits per heavy atom. The van der Waals surface area contributed by atoms with Crippen LogP contribution in [0.2, 0.25) is 0 Å². The Morgan fingerprint density at radius 3 is 2.65 bits per heavy atom. The van der Waals surface area contributed by atoms with E-state index < -0.39 is 0 Å². The van der Waals surface area contributed by atoms with E-state index in [0.717, 1.165) is 19.6 Å². The van der Waals surface area contributed by atoms with Crippen molar-refractivity contribution < 1.29 is 0 Å². The normalized spacial score (nSPS) is 25.1. The van der Waals surface area contributed by atoms with Gasteiger partial charge in [0.15, 0.2) is 0 Å². The molecule has 1 aromatic rings. The first kappa shape index (κ1) is 15.5. The second-order valence-corrected chi connectivity index (χ2v) is 7.39. The van der Waals surface area contributed by atoms with Crippen LogP contribution >= 0.6 is 0 Å². The molecule has 112 valence electrons. The minimum absolute atomic E-state index is 0.281. The highest BCUT2D eigenvalue weighted by atomic mass is 15.2. The van der Waals surface area contributed by atoms with Gasteiger partial charge in [0.25, 0.3) is 0 Å². The number of nitrogens with one attached hydrogen (secondary N) is 1. The highest BCUT2D eigenvalue weighted by molar-refractivity contribution is 5.05. The van der Waals surface area contributed by atoms with Crippen LogP contribution in [0.4, 0.5) is 0 Å². The lowest BCUT2D eigenvalue weighted by molar-refractivity contribution is 0.0391. The largest absolute Gasteiger partial charge is 0.311 e. The molecular formula is C17H29N3. The fourth-order valence-electron chi connectivity index (χ4n) is 3.01. The van der Waals surface area contributed by atoms with Crippen molar-refractivity contribution in [3.05, 3.63) is 30.1 Å². The summed E-state index contributed by atoms with van der Waals surface area (Å²) < 4.78 is 0. The van der Waals surface area contributed by atoms with Crippen molar-refractivity contribution in [1.82, 2.24) is 15.2 Å². The fourth-order valence-corrected chi connectivity index (χ4v) is 3.01. The van der Waals surface area contributed by atoms with E-state index >= 15 is 0 Å². The first-order chi connectivity index (χ1) is 9.38. The molecule has 1 aromatic heterocycles. The Hall–Kier alpha value is -0.930. The summed E-state index contributed by atoms with van der Waals surface area (Å²) in [4.78, 5) is 7.11. The number of rotatable bonds is 3. The Kier molecular flexibility index (Phi) is 4.82. The van der Waals surface area contributed by atoms with Gasteiger partial charge in [0.05, 0.1) is 5.69 Å². The summed E-state index contributed by atoms with van der Waals surface area (Å²) in [6, 6.07) is 7.33. The third kappa shape index (κ3) is 3.80. The topological polar surface area (TPSA) is 28.2 Å². The lowest BCUT2D eigenvalue weighted by atomic mass is 9.83. The van der Waals surface area contributed by atoms with E-state index in [1.165, 1.54) is 5.69 Å². The second-order valence-electron chi connectivity index (χ2n) is 7.39. The summed E-state index contributed by atoms with van der Waals surface area (Å²) in [7, 11) is 0. The van der Waals surface area contributed by atoms with Crippen molar-refractivity contribution in [1.29, 1.82) is 0 Å². The monoisotopic (exact) mass is 275 g/mol. The summed E-state index contributed by atoms with van der Waals surface area (Å²) in [5.74, 6) is 0.669. The zero-order chi connectivity index (χ0) is 14.8. The quantitative estimate of drug-likeness (QED) is 0.919. The molecule has 3 nitrogen and oxygen atoms in total. The molecule has 1 fully saturated rings. The van der Waals surface area contributed by atoms with Crippen LogP contribution in [-0.2, 0) is 6.54 Å². The highest BCUT2D eigenvalue weighted by Crippen LogP contribution is 2.28. The van der Waals surface area contributed by atoms with Crippen LogP contribution in [0.25, 0.3) is 0 Å². The molecule has 1 aliphatic rings. The zero-order valence-electron chi connectivity index (χ0n) is 13.6. The molecule has 2 unspecified atom stereocenters. The van der Waals surface area contributed by atoms with Crippen LogP contribution in [0.15, 0.2) is 24.4 Å². The van der Waals surface area contributed by atoms with Crippen molar-refractivity contribution in [2.45, 2.75) is 53.2 Å². The van der Waals surface area contributed by atoms with Gasteiger partial charge in [-0.3, -0.25) is 9.88 Å². The van der Waals surface area contributed by atoms with Gasteiger partial charge < -0.3 is 5.32 Å². The van der Waals surface area contributed by atoms with Gasteiger partial charge in [-0.25, -0.2) is 0 Å². The summed E-state index contributed by atoms with van der Waals surface area (Å²) in [5, 5.41) is 3.73. The SMILES string of the molecule is CC(C)C1CN(Cc2ccccn2)C(C(C)(C)C)CN1. The number of piperazine rings is 1. The molecule has 0 spiro atoms. The van der Waals surface area contributed by atoms with Gasteiger partial charge >= 0.3 is 0 Å². The number of hydrogen-bond donors (Lipinski definition) is 1. The molecule has 0 aliphatic carbocycles. The van der Waals surface area contributed by atoms with Crippen LogP contribution in [0.3, 0.4) is 0 Å².